The van der Waals surface area contributed by atoms with Crippen molar-refractivity contribution < 1.29 is 8.42 Å². The molecular weight excluding hydrogens is 274 g/mol. The largest absolute Gasteiger partial charge is 0.398 e. The minimum atomic E-state index is -3.75. The molecule has 3 unspecified atom stereocenters. The molecule has 0 heterocycles. The van der Waals surface area contributed by atoms with Gasteiger partial charge in [0.25, 0.3) is 0 Å². The molecule has 6 heteroatoms. The Balaban J connectivity index is 2.13. The Hall–Kier alpha value is -1.27. The summed E-state index contributed by atoms with van der Waals surface area (Å²) >= 11 is 0. The predicted molar refractivity (Wildman–Crippen MR) is 81.8 cm³/mol. The maximum atomic E-state index is 11.3. The molecule has 1 aromatic carbocycles. The number of primary sulfonamides is 1. The maximum Gasteiger partial charge on any atom is 0.240 e. The number of nitrogens with two attached hydrogens (primary N) is 2. The summed E-state index contributed by atoms with van der Waals surface area (Å²) in [5, 5.41) is 8.56. The summed E-state index contributed by atoms with van der Waals surface area (Å²) in [6, 6.07) is 5.24. The molecule has 0 bridgehead atoms. The molecule has 112 valence electrons. The smallest absolute Gasteiger partial charge is 0.240 e. The summed E-state index contributed by atoms with van der Waals surface area (Å²) < 4.78 is 22.6. The third kappa shape index (κ3) is 3.43. The third-order valence-electron chi connectivity index (χ3n) is 4.10. The lowest BCUT2D eigenvalue weighted by Crippen LogP contribution is -2.33. The lowest BCUT2D eigenvalue weighted by Gasteiger charge is -2.34. The Bertz CT molecular complexity index is 586. The van der Waals surface area contributed by atoms with Crippen LogP contribution in [-0.4, -0.2) is 14.5 Å². The first-order chi connectivity index (χ1) is 9.27. The van der Waals surface area contributed by atoms with Crippen LogP contribution in [0, 0.1) is 11.8 Å². The number of nitrogens with one attached hydrogen (secondary N) is 1. The third-order valence-corrected chi connectivity index (χ3v) is 5.08. The monoisotopic (exact) mass is 297 g/mol. The molecule has 1 fully saturated rings. The second-order valence-corrected chi connectivity index (χ2v) is 7.47. The first kappa shape index (κ1) is 15.1. The molecule has 20 heavy (non-hydrogen) atoms. The molecule has 0 saturated heterocycles. The summed E-state index contributed by atoms with van der Waals surface area (Å²) in [4.78, 5) is -0.0200. The molecule has 0 aromatic heterocycles. The molecule has 0 amide bonds. The van der Waals surface area contributed by atoms with Gasteiger partial charge in [0.05, 0.1) is 5.69 Å². The Morgan fingerprint density at radius 1 is 1.25 bits per heavy atom. The highest BCUT2D eigenvalue weighted by molar-refractivity contribution is 7.89. The van der Waals surface area contributed by atoms with Gasteiger partial charge < -0.3 is 11.1 Å². The molecule has 5 N–H and O–H groups in total. The van der Waals surface area contributed by atoms with E-state index >= 15 is 0 Å². The molecule has 1 saturated carbocycles. The van der Waals surface area contributed by atoms with Gasteiger partial charge in [0, 0.05) is 11.7 Å². The Kier molecular flexibility index (Phi) is 4.25. The molecule has 1 aromatic rings. The van der Waals surface area contributed by atoms with E-state index in [1.54, 1.807) is 12.1 Å². The minimum Gasteiger partial charge on any atom is -0.398 e. The van der Waals surface area contributed by atoms with Gasteiger partial charge in [-0.2, -0.15) is 0 Å². The van der Waals surface area contributed by atoms with Crippen LogP contribution in [0.5, 0.6) is 0 Å². The fraction of sp³-hybridized carbons (Fsp3) is 0.571. The zero-order valence-electron chi connectivity index (χ0n) is 12.0. The second-order valence-electron chi connectivity index (χ2n) is 5.94. The molecular formula is C14H23N3O2S. The summed E-state index contributed by atoms with van der Waals surface area (Å²) in [5.74, 6) is 1.37. The standard InChI is InChI=1S/C14H23N3O2S/c1-9-3-5-13(10(2)7-9)17-11-4-6-14(12(15)8-11)20(16,18)19/h4,6,8-10,13,17H,3,5,7,15H2,1-2H3,(H2,16,18,19). The van der Waals surface area contributed by atoms with Crippen LogP contribution in [0.1, 0.15) is 33.1 Å². The number of hydrogen-bond donors (Lipinski definition) is 3. The van der Waals surface area contributed by atoms with E-state index < -0.39 is 10.0 Å². The number of hydrogen-bond acceptors (Lipinski definition) is 4. The van der Waals surface area contributed by atoms with Gasteiger partial charge in [0.2, 0.25) is 10.0 Å². The highest BCUT2D eigenvalue weighted by Crippen LogP contribution is 2.31. The van der Waals surface area contributed by atoms with E-state index in [4.69, 9.17) is 10.9 Å². The second kappa shape index (κ2) is 5.61. The Morgan fingerprint density at radius 3 is 2.50 bits per heavy atom. The van der Waals surface area contributed by atoms with Crippen molar-refractivity contribution >= 4 is 21.4 Å². The zero-order valence-corrected chi connectivity index (χ0v) is 12.8. The summed E-state index contributed by atoms with van der Waals surface area (Å²) in [5.41, 5.74) is 6.81. The Morgan fingerprint density at radius 2 is 1.95 bits per heavy atom. The number of benzene rings is 1. The first-order valence-electron chi connectivity index (χ1n) is 6.96. The van der Waals surface area contributed by atoms with Gasteiger partial charge in [-0.3, -0.25) is 0 Å². The van der Waals surface area contributed by atoms with Gasteiger partial charge in [-0.05, 0) is 49.3 Å². The van der Waals surface area contributed by atoms with Gasteiger partial charge in [-0.1, -0.05) is 13.8 Å². The van der Waals surface area contributed by atoms with Crippen LogP contribution < -0.4 is 16.2 Å². The topological polar surface area (TPSA) is 98.2 Å². The van der Waals surface area contributed by atoms with Gasteiger partial charge >= 0.3 is 0 Å². The molecule has 3 atom stereocenters. The van der Waals surface area contributed by atoms with Crippen LogP contribution in [0.3, 0.4) is 0 Å². The number of sulfonamides is 1. The average molecular weight is 297 g/mol. The summed E-state index contributed by atoms with van der Waals surface area (Å²) in [7, 11) is -3.75. The fourth-order valence-electron chi connectivity index (χ4n) is 2.99. The van der Waals surface area contributed by atoms with Crippen molar-refractivity contribution in [3.63, 3.8) is 0 Å². The van der Waals surface area contributed by atoms with Crippen molar-refractivity contribution in [3.05, 3.63) is 18.2 Å². The SMILES string of the molecule is CC1CCC(Nc2ccc(S(N)(=O)=O)c(N)c2)C(C)C1. The van der Waals surface area contributed by atoms with Crippen molar-refractivity contribution in [1.29, 1.82) is 0 Å². The summed E-state index contributed by atoms with van der Waals surface area (Å²) in [6.07, 6.45) is 3.55. The highest BCUT2D eigenvalue weighted by Gasteiger charge is 2.25. The van der Waals surface area contributed by atoms with Crippen LogP contribution in [0.15, 0.2) is 23.1 Å². The first-order valence-corrected chi connectivity index (χ1v) is 8.51. The molecule has 0 spiro atoms. The molecule has 0 radical (unpaired) electrons. The maximum absolute atomic E-state index is 11.3. The zero-order chi connectivity index (χ0) is 14.9. The van der Waals surface area contributed by atoms with Crippen LogP contribution in [-0.2, 0) is 10.0 Å². The minimum absolute atomic E-state index is 0.0200. The number of rotatable bonds is 3. The van der Waals surface area contributed by atoms with E-state index in [1.165, 1.54) is 18.9 Å². The molecule has 2 rings (SSSR count). The van der Waals surface area contributed by atoms with E-state index in [1.807, 2.05) is 0 Å². The predicted octanol–water partition coefficient (Wildman–Crippen LogP) is 2.15. The van der Waals surface area contributed by atoms with Gasteiger partial charge in [-0.15, -0.1) is 0 Å². The van der Waals surface area contributed by atoms with Gasteiger partial charge in [-0.25, -0.2) is 13.6 Å². The van der Waals surface area contributed by atoms with E-state index in [0.29, 0.717) is 12.0 Å². The van der Waals surface area contributed by atoms with Crippen molar-refractivity contribution in [2.75, 3.05) is 11.1 Å². The van der Waals surface area contributed by atoms with Gasteiger partial charge in [0.1, 0.15) is 4.90 Å². The highest BCUT2D eigenvalue weighted by atomic mass is 32.2. The van der Waals surface area contributed by atoms with Crippen LogP contribution >= 0.6 is 0 Å². The van der Waals surface area contributed by atoms with E-state index in [2.05, 4.69) is 19.2 Å². The van der Waals surface area contributed by atoms with Crippen LogP contribution in [0.25, 0.3) is 0 Å². The van der Waals surface area contributed by atoms with Crippen molar-refractivity contribution in [1.82, 2.24) is 0 Å². The number of nitrogen functional groups attached to an aromatic ring is 1. The van der Waals surface area contributed by atoms with Crippen LogP contribution in [0.4, 0.5) is 11.4 Å². The lowest BCUT2D eigenvalue weighted by molar-refractivity contribution is 0.276. The number of anilines is 2. The van der Waals surface area contributed by atoms with Gasteiger partial charge in [0.15, 0.2) is 0 Å². The van der Waals surface area contributed by atoms with Crippen molar-refractivity contribution in [3.8, 4) is 0 Å². The quantitative estimate of drug-likeness (QED) is 0.744. The van der Waals surface area contributed by atoms with Crippen molar-refractivity contribution in [2.24, 2.45) is 17.0 Å². The fourth-order valence-corrected chi connectivity index (χ4v) is 3.64. The van der Waals surface area contributed by atoms with Crippen molar-refractivity contribution in [2.45, 2.75) is 44.0 Å². The Labute approximate surface area is 120 Å². The molecule has 1 aliphatic rings. The van der Waals surface area contributed by atoms with E-state index in [9.17, 15) is 8.42 Å². The molecule has 1 aliphatic carbocycles. The average Bonchev–Trinajstić information content (AvgIpc) is 2.31. The molecule has 5 nitrogen and oxygen atoms in total. The van der Waals surface area contributed by atoms with E-state index in [-0.39, 0.29) is 10.6 Å². The molecule has 0 aliphatic heterocycles. The normalized spacial score (nSPS) is 27.2. The lowest BCUT2D eigenvalue weighted by atomic mass is 9.80. The summed E-state index contributed by atoms with van der Waals surface area (Å²) in [6.45, 7) is 4.53. The van der Waals surface area contributed by atoms with Crippen LogP contribution in [0.2, 0.25) is 0 Å². The van der Waals surface area contributed by atoms with E-state index in [0.717, 1.165) is 18.0 Å².